The number of anilines is 2. The molecule has 0 aromatic heterocycles. The summed E-state index contributed by atoms with van der Waals surface area (Å²) in [5.74, 6) is -0.960. The van der Waals surface area contributed by atoms with E-state index in [1.165, 1.54) is 34.6 Å². The van der Waals surface area contributed by atoms with Crippen molar-refractivity contribution in [2.75, 3.05) is 35.2 Å². The van der Waals surface area contributed by atoms with Gasteiger partial charge in [-0.2, -0.15) is 4.31 Å². The molecule has 0 bridgehead atoms. The summed E-state index contributed by atoms with van der Waals surface area (Å²) in [6, 6.07) is 10.2. The average Bonchev–Trinajstić information content (AvgIpc) is 2.77. The number of sulfonamides is 1. The molecule has 1 aliphatic heterocycles. The fourth-order valence-corrected chi connectivity index (χ4v) is 5.75. The number of thioether (sulfide) groups is 1. The third-order valence-corrected chi connectivity index (χ3v) is 7.97. The third kappa shape index (κ3) is 6.54. The molecule has 1 heterocycles. The van der Waals surface area contributed by atoms with Crippen molar-refractivity contribution in [3.63, 3.8) is 0 Å². The third-order valence-electron chi connectivity index (χ3n) is 5.00. The largest absolute Gasteiger partial charge is 0.325 e. The molecule has 0 radical (unpaired) electrons. The number of benzene rings is 2. The molecule has 7 nitrogen and oxygen atoms in total. The van der Waals surface area contributed by atoms with Gasteiger partial charge >= 0.3 is 0 Å². The normalized spacial score (nSPS) is 14.7. The lowest BCUT2D eigenvalue weighted by Gasteiger charge is -2.26. The van der Waals surface area contributed by atoms with Crippen LogP contribution < -0.4 is 10.6 Å². The van der Waals surface area contributed by atoms with Crippen LogP contribution in [0.15, 0.2) is 47.4 Å². The van der Waals surface area contributed by atoms with E-state index >= 15 is 0 Å². The molecule has 172 valence electrons. The highest BCUT2D eigenvalue weighted by molar-refractivity contribution is 8.00. The summed E-state index contributed by atoms with van der Waals surface area (Å²) in [7, 11) is -3.61. The fourth-order valence-electron chi connectivity index (χ4n) is 3.36. The maximum Gasteiger partial charge on any atom is 0.243 e. The number of carbonyl (C=O) groups is 2. The lowest BCUT2D eigenvalue weighted by atomic mass is 10.2. The van der Waals surface area contributed by atoms with Crippen LogP contribution >= 0.6 is 11.8 Å². The molecule has 2 aromatic rings. The molecule has 0 spiro atoms. The first-order chi connectivity index (χ1) is 15.3. The van der Waals surface area contributed by atoms with Gasteiger partial charge < -0.3 is 10.6 Å². The Hall–Kier alpha value is -2.43. The van der Waals surface area contributed by atoms with Crippen molar-refractivity contribution in [2.45, 2.75) is 31.1 Å². The van der Waals surface area contributed by atoms with Crippen molar-refractivity contribution in [1.29, 1.82) is 0 Å². The molecule has 1 aliphatic rings. The molecule has 1 saturated heterocycles. The predicted octanol–water partition coefficient (Wildman–Crippen LogP) is 3.62. The smallest absolute Gasteiger partial charge is 0.243 e. The number of halogens is 1. The van der Waals surface area contributed by atoms with Gasteiger partial charge in [-0.15, -0.1) is 11.8 Å². The summed E-state index contributed by atoms with van der Waals surface area (Å²) in [5, 5.41) is 5.32. The number of aryl methyl sites for hydroxylation is 1. The van der Waals surface area contributed by atoms with E-state index in [1.807, 2.05) is 0 Å². The Balaban J connectivity index is 1.53. The number of nitrogens with zero attached hydrogens (tertiary/aromatic N) is 1. The zero-order valence-corrected chi connectivity index (χ0v) is 19.4. The maximum absolute atomic E-state index is 13.0. The number of nitrogens with one attached hydrogen (secondary N) is 2. The van der Waals surface area contributed by atoms with Crippen LogP contribution in [0.5, 0.6) is 0 Å². The van der Waals surface area contributed by atoms with Crippen LogP contribution in [0.1, 0.15) is 24.8 Å². The first-order valence-corrected chi connectivity index (χ1v) is 12.9. The number of hydrogen-bond acceptors (Lipinski definition) is 5. The molecule has 2 amide bonds. The lowest BCUT2D eigenvalue weighted by molar-refractivity contribution is -0.114. The van der Waals surface area contributed by atoms with Gasteiger partial charge in [-0.1, -0.05) is 12.5 Å². The van der Waals surface area contributed by atoms with E-state index in [0.717, 1.165) is 31.0 Å². The quantitative estimate of drug-likeness (QED) is 0.603. The Labute approximate surface area is 191 Å². The summed E-state index contributed by atoms with van der Waals surface area (Å²) >= 11 is 1.12. The van der Waals surface area contributed by atoms with Gasteiger partial charge in [0, 0.05) is 24.5 Å². The summed E-state index contributed by atoms with van der Waals surface area (Å²) in [4.78, 5) is 24.4. The van der Waals surface area contributed by atoms with Crippen LogP contribution in [0.3, 0.4) is 0 Å². The second kappa shape index (κ2) is 10.9. The van der Waals surface area contributed by atoms with Crippen LogP contribution in [-0.2, 0) is 19.6 Å². The zero-order chi connectivity index (χ0) is 23.1. The zero-order valence-electron chi connectivity index (χ0n) is 17.8. The Morgan fingerprint density at radius 3 is 2.12 bits per heavy atom. The molecule has 0 unspecified atom stereocenters. The Bertz CT molecular complexity index is 1070. The van der Waals surface area contributed by atoms with E-state index in [1.54, 1.807) is 19.1 Å². The van der Waals surface area contributed by atoms with Crippen LogP contribution in [0, 0.1) is 12.7 Å². The van der Waals surface area contributed by atoms with Crippen LogP contribution in [0.2, 0.25) is 0 Å². The second-order valence-electron chi connectivity index (χ2n) is 7.54. The highest BCUT2D eigenvalue weighted by Gasteiger charge is 2.27. The molecule has 0 saturated carbocycles. The van der Waals surface area contributed by atoms with Gasteiger partial charge in [-0.25, -0.2) is 12.8 Å². The summed E-state index contributed by atoms with van der Waals surface area (Å²) in [5.41, 5.74) is 1.50. The average molecular weight is 480 g/mol. The van der Waals surface area contributed by atoms with Gasteiger partial charge in [0.2, 0.25) is 21.8 Å². The molecule has 32 heavy (non-hydrogen) atoms. The predicted molar refractivity (Wildman–Crippen MR) is 125 cm³/mol. The van der Waals surface area contributed by atoms with E-state index in [-0.39, 0.29) is 28.2 Å². The Morgan fingerprint density at radius 1 is 0.938 bits per heavy atom. The SMILES string of the molecule is Cc1ccc(NC(=O)CSCC(=O)Nc2ccc(F)cc2)cc1S(=O)(=O)N1CCCCC1. The molecule has 0 aliphatic carbocycles. The number of rotatable bonds is 8. The Morgan fingerprint density at radius 2 is 1.50 bits per heavy atom. The van der Waals surface area contributed by atoms with Gasteiger partial charge in [0.05, 0.1) is 16.4 Å². The summed E-state index contributed by atoms with van der Waals surface area (Å²) in [6.45, 7) is 2.75. The maximum atomic E-state index is 13.0. The molecule has 10 heteroatoms. The van der Waals surface area contributed by atoms with E-state index in [0.29, 0.717) is 30.0 Å². The van der Waals surface area contributed by atoms with Gasteiger partial charge in [0.1, 0.15) is 5.82 Å². The molecule has 0 atom stereocenters. The minimum atomic E-state index is -3.61. The van der Waals surface area contributed by atoms with Gasteiger partial charge in [0.25, 0.3) is 0 Å². The van der Waals surface area contributed by atoms with Gasteiger partial charge in [-0.3, -0.25) is 9.59 Å². The van der Waals surface area contributed by atoms with Crippen molar-refractivity contribution < 1.29 is 22.4 Å². The van der Waals surface area contributed by atoms with E-state index in [2.05, 4.69) is 10.6 Å². The Kier molecular flexibility index (Phi) is 8.27. The first kappa shape index (κ1) is 24.2. The molecule has 2 aromatic carbocycles. The molecule has 2 N–H and O–H groups in total. The number of amides is 2. The van der Waals surface area contributed by atoms with Crippen LogP contribution in [0.25, 0.3) is 0 Å². The highest BCUT2D eigenvalue weighted by Crippen LogP contribution is 2.26. The van der Waals surface area contributed by atoms with Crippen molar-refractivity contribution in [3.8, 4) is 0 Å². The molecular formula is C22H26FN3O4S2. The highest BCUT2D eigenvalue weighted by atomic mass is 32.2. The van der Waals surface area contributed by atoms with Crippen LogP contribution in [-0.4, -0.2) is 49.1 Å². The monoisotopic (exact) mass is 479 g/mol. The van der Waals surface area contributed by atoms with Crippen LogP contribution in [0.4, 0.5) is 15.8 Å². The van der Waals surface area contributed by atoms with Crippen molar-refractivity contribution in [1.82, 2.24) is 4.31 Å². The van der Waals surface area contributed by atoms with E-state index in [9.17, 15) is 22.4 Å². The van der Waals surface area contributed by atoms with Gasteiger partial charge in [0.15, 0.2) is 0 Å². The minimum absolute atomic E-state index is 0.0267. The fraction of sp³-hybridized carbons (Fsp3) is 0.364. The number of hydrogen-bond donors (Lipinski definition) is 2. The van der Waals surface area contributed by atoms with Crippen molar-refractivity contribution in [3.05, 3.63) is 53.8 Å². The second-order valence-corrected chi connectivity index (χ2v) is 10.4. The lowest BCUT2D eigenvalue weighted by Crippen LogP contribution is -2.36. The van der Waals surface area contributed by atoms with Crippen molar-refractivity contribution in [2.24, 2.45) is 0 Å². The number of carbonyl (C=O) groups excluding carboxylic acids is 2. The van der Waals surface area contributed by atoms with Gasteiger partial charge in [-0.05, 0) is 61.7 Å². The van der Waals surface area contributed by atoms with Crippen molar-refractivity contribution >= 4 is 45.0 Å². The summed E-state index contributed by atoms with van der Waals surface area (Å²) in [6.07, 6.45) is 2.72. The standard InChI is InChI=1S/C22H26FN3O4S2/c1-16-5-8-19(13-20(16)32(29,30)26-11-3-2-4-12-26)25-22(28)15-31-14-21(27)24-18-9-6-17(23)7-10-18/h5-10,13H,2-4,11-12,14-15H2,1H3,(H,24,27)(H,25,28). The first-order valence-electron chi connectivity index (χ1n) is 10.3. The molecule has 1 fully saturated rings. The molecular weight excluding hydrogens is 453 g/mol. The molecule has 3 rings (SSSR count). The minimum Gasteiger partial charge on any atom is -0.325 e. The number of piperidine rings is 1. The van der Waals surface area contributed by atoms with E-state index in [4.69, 9.17) is 0 Å². The van der Waals surface area contributed by atoms with E-state index < -0.39 is 15.8 Å². The summed E-state index contributed by atoms with van der Waals surface area (Å²) < 4.78 is 40.4. The topological polar surface area (TPSA) is 95.6 Å².